The maximum Gasteiger partial charge on any atom is 0.155 e. The molecule has 0 spiro atoms. The Balaban J connectivity index is 1.67. The summed E-state index contributed by atoms with van der Waals surface area (Å²) in [4.78, 5) is 11.8. The van der Waals surface area contributed by atoms with Gasteiger partial charge in [0.05, 0.1) is 0 Å². The first kappa shape index (κ1) is 15.5. The molecule has 4 rings (SSSR count). The highest BCUT2D eigenvalue weighted by atomic mass is 16.3. The minimum atomic E-state index is -0.893. The van der Waals surface area contributed by atoms with Gasteiger partial charge in [-0.15, -0.1) is 6.42 Å². The van der Waals surface area contributed by atoms with Gasteiger partial charge in [-0.1, -0.05) is 18.4 Å². The molecule has 2 heteroatoms. The second-order valence-electron chi connectivity index (χ2n) is 8.40. The van der Waals surface area contributed by atoms with E-state index in [1.54, 1.807) is 0 Å². The molecule has 1 unspecified atom stereocenters. The Bertz CT molecular complexity index is 597. The number of hydrogen-bond donors (Lipinski definition) is 1. The molecule has 124 valence electrons. The fourth-order valence-electron chi connectivity index (χ4n) is 6.96. The molecule has 3 saturated carbocycles. The zero-order valence-electron chi connectivity index (χ0n) is 14.2. The summed E-state index contributed by atoms with van der Waals surface area (Å²) in [5.74, 6) is 5.73. The van der Waals surface area contributed by atoms with Crippen LogP contribution in [-0.4, -0.2) is 16.5 Å². The Kier molecular flexibility index (Phi) is 3.50. The van der Waals surface area contributed by atoms with Gasteiger partial charge in [-0.25, -0.2) is 0 Å². The molecular weight excluding hydrogens is 284 g/mol. The summed E-state index contributed by atoms with van der Waals surface area (Å²) in [6.07, 6.45) is 16.9. The zero-order chi connectivity index (χ0) is 16.2. The molecule has 0 aliphatic heterocycles. The molecule has 4 aliphatic rings. The van der Waals surface area contributed by atoms with Gasteiger partial charge in [-0.05, 0) is 81.1 Å². The predicted octanol–water partition coefficient (Wildman–Crippen LogP) is 3.88. The van der Waals surface area contributed by atoms with E-state index in [-0.39, 0.29) is 5.41 Å². The lowest BCUT2D eigenvalue weighted by Gasteiger charge is -2.55. The number of allylic oxidation sites excluding steroid dienone is 1. The maximum absolute atomic E-state index is 11.8. The van der Waals surface area contributed by atoms with Crippen LogP contribution in [0.2, 0.25) is 0 Å². The van der Waals surface area contributed by atoms with E-state index >= 15 is 0 Å². The molecule has 0 aromatic heterocycles. The molecule has 2 nitrogen and oxygen atoms in total. The van der Waals surface area contributed by atoms with Crippen LogP contribution < -0.4 is 0 Å². The monoisotopic (exact) mass is 312 g/mol. The summed E-state index contributed by atoms with van der Waals surface area (Å²) < 4.78 is 0. The number of ketones is 1. The molecule has 23 heavy (non-hydrogen) atoms. The van der Waals surface area contributed by atoms with Crippen LogP contribution in [0.5, 0.6) is 0 Å². The van der Waals surface area contributed by atoms with Crippen LogP contribution in [0.3, 0.4) is 0 Å². The van der Waals surface area contributed by atoms with E-state index < -0.39 is 5.60 Å². The first-order valence-electron chi connectivity index (χ1n) is 9.48. The quantitative estimate of drug-likeness (QED) is 0.746. The van der Waals surface area contributed by atoms with Crippen molar-refractivity contribution in [3.63, 3.8) is 0 Å². The van der Waals surface area contributed by atoms with Gasteiger partial charge in [0, 0.05) is 11.8 Å². The molecule has 4 aliphatic carbocycles. The van der Waals surface area contributed by atoms with Crippen molar-refractivity contribution in [2.75, 3.05) is 0 Å². The Morgan fingerprint density at radius 3 is 2.78 bits per heavy atom. The van der Waals surface area contributed by atoms with Crippen molar-refractivity contribution in [2.45, 2.75) is 70.3 Å². The molecule has 1 N–H and O–H groups in total. The van der Waals surface area contributed by atoms with Gasteiger partial charge in [0.2, 0.25) is 0 Å². The topological polar surface area (TPSA) is 37.3 Å². The van der Waals surface area contributed by atoms with Crippen LogP contribution in [0.25, 0.3) is 0 Å². The SMILES string of the molecule is C#C[C@]1(O)CC[C@H]2C3CCC4=CC(=O)CC[C@@H]4[C@H]3CC[C@@]21CC. The van der Waals surface area contributed by atoms with Crippen molar-refractivity contribution in [1.82, 2.24) is 0 Å². The first-order valence-corrected chi connectivity index (χ1v) is 9.48. The smallest absolute Gasteiger partial charge is 0.155 e. The van der Waals surface area contributed by atoms with E-state index in [0.29, 0.717) is 29.5 Å². The minimum Gasteiger partial charge on any atom is -0.377 e. The number of terminal acetylenes is 1. The molecule has 0 bridgehead atoms. The molecule has 0 saturated heterocycles. The number of rotatable bonds is 1. The van der Waals surface area contributed by atoms with Crippen LogP contribution >= 0.6 is 0 Å². The highest BCUT2D eigenvalue weighted by molar-refractivity contribution is 5.91. The third-order valence-electron chi connectivity index (χ3n) is 8.02. The van der Waals surface area contributed by atoms with E-state index in [0.717, 1.165) is 44.9 Å². The summed E-state index contributed by atoms with van der Waals surface area (Å²) in [6.45, 7) is 2.22. The summed E-state index contributed by atoms with van der Waals surface area (Å²) in [5.41, 5.74) is 0.474. The van der Waals surface area contributed by atoms with E-state index in [2.05, 4.69) is 12.8 Å². The number of aliphatic hydroxyl groups is 1. The van der Waals surface area contributed by atoms with Gasteiger partial charge in [0.1, 0.15) is 5.60 Å². The molecule has 0 heterocycles. The van der Waals surface area contributed by atoms with Crippen molar-refractivity contribution >= 4 is 5.78 Å². The molecule has 0 amide bonds. The number of fused-ring (bicyclic) bond motifs is 5. The van der Waals surface area contributed by atoms with Gasteiger partial charge in [0.15, 0.2) is 5.78 Å². The fourth-order valence-corrected chi connectivity index (χ4v) is 6.96. The van der Waals surface area contributed by atoms with E-state index in [4.69, 9.17) is 6.42 Å². The fraction of sp³-hybridized carbons (Fsp3) is 0.762. The summed E-state index contributed by atoms with van der Waals surface area (Å²) in [7, 11) is 0. The highest BCUT2D eigenvalue weighted by Gasteiger charge is 2.63. The number of carbonyl (C=O) groups is 1. The average Bonchev–Trinajstić information content (AvgIpc) is 2.88. The average molecular weight is 312 g/mol. The Hall–Kier alpha value is -1.07. The molecule has 6 atom stereocenters. The lowest BCUT2D eigenvalue weighted by Crippen LogP contribution is -2.53. The highest BCUT2D eigenvalue weighted by Crippen LogP contribution is 2.66. The number of carbonyl (C=O) groups excluding carboxylic acids is 1. The first-order chi connectivity index (χ1) is 11.0. The lowest BCUT2D eigenvalue weighted by atomic mass is 9.49. The molecule has 0 aromatic rings. The van der Waals surface area contributed by atoms with E-state index in [9.17, 15) is 9.90 Å². The molecular formula is C21H28O2. The van der Waals surface area contributed by atoms with Crippen molar-refractivity contribution in [2.24, 2.45) is 29.1 Å². The third-order valence-corrected chi connectivity index (χ3v) is 8.02. The standard InChI is InChI=1S/C21H28O2/c1-3-20-11-9-17-16-8-6-15(22)13-14(16)5-7-18(17)19(20)10-12-21(20,23)4-2/h2,13,16-19,23H,3,5-12H2,1H3/t16-,17+,18?,19-,20-,21-/m0/s1. The van der Waals surface area contributed by atoms with Crippen molar-refractivity contribution < 1.29 is 9.90 Å². The van der Waals surface area contributed by atoms with Crippen molar-refractivity contribution in [3.8, 4) is 12.3 Å². The Labute approximate surface area is 139 Å². The van der Waals surface area contributed by atoms with Gasteiger partial charge < -0.3 is 5.11 Å². The van der Waals surface area contributed by atoms with Crippen molar-refractivity contribution in [3.05, 3.63) is 11.6 Å². The summed E-state index contributed by atoms with van der Waals surface area (Å²) in [5, 5.41) is 11.1. The van der Waals surface area contributed by atoms with Gasteiger partial charge in [-0.3, -0.25) is 4.79 Å². The van der Waals surface area contributed by atoms with Crippen LogP contribution in [0.4, 0.5) is 0 Å². The molecule has 0 aromatic carbocycles. The zero-order valence-corrected chi connectivity index (χ0v) is 14.2. The minimum absolute atomic E-state index is 0.0609. The van der Waals surface area contributed by atoms with E-state index in [1.165, 1.54) is 18.4 Å². The Morgan fingerprint density at radius 2 is 2.04 bits per heavy atom. The van der Waals surface area contributed by atoms with Gasteiger partial charge >= 0.3 is 0 Å². The van der Waals surface area contributed by atoms with Crippen LogP contribution in [0.15, 0.2) is 11.6 Å². The van der Waals surface area contributed by atoms with Crippen LogP contribution in [0.1, 0.15) is 64.7 Å². The predicted molar refractivity (Wildman–Crippen MR) is 90.5 cm³/mol. The summed E-state index contributed by atoms with van der Waals surface area (Å²) in [6, 6.07) is 0. The third kappa shape index (κ3) is 1.96. The Morgan fingerprint density at radius 1 is 1.22 bits per heavy atom. The number of hydrogen-bond acceptors (Lipinski definition) is 2. The maximum atomic E-state index is 11.8. The largest absolute Gasteiger partial charge is 0.377 e. The van der Waals surface area contributed by atoms with Crippen molar-refractivity contribution in [1.29, 1.82) is 0 Å². The van der Waals surface area contributed by atoms with E-state index in [1.807, 2.05) is 6.08 Å². The molecule has 3 fully saturated rings. The lowest BCUT2D eigenvalue weighted by molar-refractivity contribution is -0.117. The summed E-state index contributed by atoms with van der Waals surface area (Å²) >= 11 is 0. The second kappa shape index (κ2) is 5.21. The second-order valence-corrected chi connectivity index (χ2v) is 8.40. The van der Waals surface area contributed by atoms with Gasteiger partial charge in [0.25, 0.3) is 0 Å². The van der Waals surface area contributed by atoms with Gasteiger partial charge in [-0.2, -0.15) is 0 Å². The van der Waals surface area contributed by atoms with Crippen LogP contribution in [0, 0.1) is 41.4 Å². The molecule has 0 radical (unpaired) electrons. The van der Waals surface area contributed by atoms with Crippen LogP contribution in [-0.2, 0) is 4.79 Å². The normalized spacial score (nSPS) is 48.7.